The molecule has 1 N–H and O–H groups in total. The lowest BCUT2D eigenvalue weighted by molar-refractivity contribution is -0.124. The molecule has 0 bridgehead atoms. The molecule has 1 unspecified atom stereocenters. The van der Waals surface area contributed by atoms with Crippen molar-refractivity contribution < 1.29 is 14.4 Å². The normalized spacial score (nSPS) is 17.3. The first-order chi connectivity index (χ1) is 18.1. The molecule has 0 spiro atoms. The summed E-state index contributed by atoms with van der Waals surface area (Å²) in [6.45, 7) is 1.14. The highest BCUT2D eigenvalue weighted by molar-refractivity contribution is 6.07. The maximum Gasteiger partial charge on any atom is 0.254 e. The van der Waals surface area contributed by atoms with Gasteiger partial charge in [-0.05, 0) is 52.1 Å². The van der Waals surface area contributed by atoms with Gasteiger partial charge in [0.2, 0.25) is 11.8 Å². The van der Waals surface area contributed by atoms with E-state index in [2.05, 4.69) is 23.5 Å². The fraction of sp³-hybridized carbons (Fsp3) is 0.194. The molecule has 37 heavy (non-hydrogen) atoms. The van der Waals surface area contributed by atoms with Gasteiger partial charge in [-0.25, -0.2) is 0 Å². The minimum Gasteiger partial charge on any atom is -0.344 e. The van der Waals surface area contributed by atoms with Gasteiger partial charge in [0.15, 0.2) is 0 Å². The first-order valence-electron chi connectivity index (χ1n) is 12.6. The molecule has 6 heteroatoms. The van der Waals surface area contributed by atoms with Crippen LogP contribution in [-0.2, 0) is 16.1 Å². The number of carbonyl (C=O) groups is 3. The topological polar surface area (TPSA) is 69.7 Å². The van der Waals surface area contributed by atoms with Crippen LogP contribution in [0.3, 0.4) is 0 Å². The Hall–Kier alpha value is -4.45. The lowest BCUT2D eigenvalue weighted by atomic mass is 10.0. The van der Waals surface area contributed by atoms with Gasteiger partial charge in [0.25, 0.3) is 5.91 Å². The van der Waals surface area contributed by atoms with Gasteiger partial charge >= 0.3 is 0 Å². The van der Waals surface area contributed by atoms with Crippen molar-refractivity contribution in [1.82, 2.24) is 10.2 Å². The summed E-state index contributed by atoms with van der Waals surface area (Å²) in [6, 6.07) is 29.3. The average molecular weight is 490 g/mol. The molecule has 0 aliphatic carbocycles. The Balaban J connectivity index is 1.39. The molecule has 2 aliphatic rings. The first-order valence-corrected chi connectivity index (χ1v) is 12.6. The molecule has 4 aromatic carbocycles. The summed E-state index contributed by atoms with van der Waals surface area (Å²) in [5, 5.41) is 4.74. The van der Waals surface area contributed by atoms with Crippen LogP contribution in [-0.4, -0.2) is 41.8 Å². The van der Waals surface area contributed by atoms with Crippen molar-refractivity contribution in [1.29, 1.82) is 0 Å². The van der Waals surface area contributed by atoms with E-state index in [1.165, 1.54) is 0 Å². The maximum atomic E-state index is 13.9. The van der Waals surface area contributed by atoms with Gasteiger partial charge < -0.3 is 15.1 Å². The molecule has 0 saturated carbocycles. The van der Waals surface area contributed by atoms with E-state index in [-0.39, 0.29) is 17.7 Å². The third-order valence-electron chi connectivity index (χ3n) is 7.30. The summed E-state index contributed by atoms with van der Waals surface area (Å²) in [4.78, 5) is 42.8. The van der Waals surface area contributed by atoms with Crippen LogP contribution in [0.4, 0.5) is 5.69 Å². The zero-order valence-corrected chi connectivity index (χ0v) is 20.4. The molecule has 0 radical (unpaired) electrons. The van der Waals surface area contributed by atoms with Crippen LogP contribution in [0.5, 0.6) is 0 Å². The molecular weight excluding hydrogens is 462 g/mol. The zero-order valence-electron chi connectivity index (χ0n) is 20.4. The third kappa shape index (κ3) is 4.35. The van der Waals surface area contributed by atoms with Crippen molar-refractivity contribution in [3.8, 4) is 11.1 Å². The smallest absolute Gasteiger partial charge is 0.254 e. The van der Waals surface area contributed by atoms with Crippen molar-refractivity contribution in [3.63, 3.8) is 0 Å². The van der Waals surface area contributed by atoms with Gasteiger partial charge in [0.1, 0.15) is 6.04 Å². The summed E-state index contributed by atoms with van der Waals surface area (Å²) in [7, 11) is 0. The van der Waals surface area contributed by atoms with Gasteiger partial charge in [0, 0.05) is 37.3 Å². The second kappa shape index (κ2) is 9.54. The minimum absolute atomic E-state index is 0.0590. The monoisotopic (exact) mass is 489 g/mol. The van der Waals surface area contributed by atoms with Crippen molar-refractivity contribution in [2.45, 2.75) is 25.4 Å². The van der Waals surface area contributed by atoms with Crippen LogP contribution in [0.2, 0.25) is 0 Å². The number of hydrogen-bond donors (Lipinski definition) is 1. The van der Waals surface area contributed by atoms with Crippen molar-refractivity contribution in [2.24, 2.45) is 0 Å². The van der Waals surface area contributed by atoms with Crippen LogP contribution in [0, 0.1) is 0 Å². The Labute approximate surface area is 215 Å². The molecule has 0 aromatic heterocycles. The van der Waals surface area contributed by atoms with Crippen molar-refractivity contribution in [2.75, 3.05) is 18.0 Å². The van der Waals surface area contributed by atoms with Crippen LogP contribution >= 0.6 is 0 Å². The number of nitrogens with zero attached hydrogens (tertiary/aromatic N) is 2. The highest BCUT2D eigenvalue weighted by Crippen LogP contribution is 2.32. The molecule has 2 heterocycles. The van der Waals surface area contributed by atoms with Gasteiger partial charge in [0.05, 0.1) is 0 Å². The quantitative estimate of drug-likeness (QED) is 0.451. The SMILES string of the molecule is O=C1CCC(C(=O)N2CCN(C(=O)c3cccc4ccccc34)Cc3cc(-c4ccccc4)ccc32)N1. The fourth-order valence-corrected chi connectivity index (χ4v) is 5.38. The molecule has 6 rings (SSSR count). The van der Waals surface area contributed by atoms with E-state index < -0.39 is 6.04 Å². The van der Waals surface area contributed by atoms with Crippen molar-refractivity contribution >= 4 is 34.2 Å². The summed E-state index contributed by atoms with van der Waals surface area (Å²) in [6.07, 6.45) is 0.847. The molecular formula is C31H27N3O3. The van der Waals surface area contributed by atoms with E-state index in [1.54, 1.807) is 4.90 Å². The Morgan fingerprint density at radius 2 is 1.59 bits per heavy atom. The highest BCUT2D eigenvalue weighted by Gasteiger charge is 2.34. The standard InChI is InChI=1S/C31H27N3O3/c35-29-16-14-27(32-29)31(37)34-18-17-33(30(36)26-12-6-10-22-9-4-5-11-25(22)26)20-24-19-23(13-15-28(24)34)21-7-2-1-3-8-21/h1-13,15,19,27H,14,16-18,20H2,(H,32,35). The summed E-state index contributed by atoms with van der Waals surface area (Å²) in [5.41, 5.74) is 4.45. The number of hydrogen-bond acceptors (Lipinski definition) is 3. The Morgan fingerprint density at radius 1 is 0.811 bits per heavy atom. The van der Waals surface area contributed by atoms with E-state index in [4.69, 9.17) is 0 Å². The number of fused-ring (bicyclic) bond motifs is 2. The Kier molecular flexibility index (Phi) is 5.93. The summed E-state index contributed by atoms with van der Waals surface area (Å²) < 4.78 is 0. The molecule has 1 atom stereocenters. The first kappa shape index (κ1) is 23.0. The number of rotatable bonds is 3. The van der Waals surface area contributed by atoms with Gasteiger partial charge in [-0.3, -0.25) is 14.4 Å². The summed E-state index contributed by atoms with van der Waals surface area (Å²) in [5.74, 6) is -0.282. The summed E-state index contributed by atoms with van der Waals surface area (Å²) >= 11 is 0. The number of nitrogens with one attached hydrogen (secondary N) is 1. The van der Waals surface area contributed by atoms with Gasteiger partial charge in [-0.1, -0.05) is 72.8 Å². The highest BCUT2D eigenvalue weighted by atomic mass is 16.2. The van der Waals surface area contributed by atoms with E-state index >= 15 is 0 Å². The predicted octanol–water partition coefficient (Wildman–Crippen LogP) is 4.77. The minimum atomic E-state index is -0.533. The lowest BCUT2D eigenvalue weighted by Crippen LogP contribution is -2.46. The second-order valence-corrected chi connectivity index (χ2v) is 9.61. The second-order valence-electron chi connectivity index (χ2n) is 9.61. The molecule has 6 nitrogen and oxygen atoms in total. The lowest BCUT2D eigenvalue weighted by Gasteiger charge is -2.26. The molecule has 184 valence electrons. The predicted molar refractivity (Wildman–Crippen MR) is 144 cm³/mol. The number of benzene rings is 4. The van der Waals surface area contributed by atoms with E-state index in [0.717, 1.165) is 33.2 Å². The number of anilines is 1. The number of carbonyl (C=O) groups excluding carboxylic acids is 3. The maximum absolute atomic E-state index is 13.9. The Morgan fingerprint density at radius 3 is 2.41 bits per heavy atom. The van der Waals surface area contributed by atoms with Crippen molar-refractivity contribution in [3.05, 3.63) is 102 Å². The molecule has 1 fully saturated rings. The van der Waals surface area contributed by atoms with Gasteiger partial charge in [-0.15, -0.1) is 0 Å². The van der Waals surface area contributed by atoms with Crippen LogP contribution in [0.15, 0.2) is 91.0 Å². The van der Waals surface area contributed by atoms with Crippen LogP contribution in [0.1, 0.15) is 28.8 Å². The number of amides is 3. The van der Waals surface area contributed by atoms with Gasteiger partial charge in [-0.2, -0.15) is 0 Å². The zero-order chi connectivity index (χ0) is 25.4. The molecule has 2 aliphatic heterocycles. The van der Waals surface area contributed by atoms with Crippen LogP contribution < -0.4 is 10.2 Å². The molecule has 3 amide bonds. The Bertz CT molecular complexity index is 1510. The van der Waals surface area contributed by atoms with E-state index in [0.29, 0.717) is 38.0 Å². The van der Waals surface area contributed by atoms with E-state index in [9.17, 15) is 14.4 Å². The fourth-order valence-electron chi connectivity index (χ4n) is 5.38. The molecule has 1 saturated heterocycles. The largest absolute Gasteiger partial charge is 0.344 e. The average Bonchev–Trinajstić information content (AvgIpc) is 3.29. The van der Waals surface area contributed by atoms with E-state index in [1.807, 2.05) is 77.7 Å². The molecule has 4 aromatic rings. The van der Waals surface area contributed by atoms with Crippen LogP contribution in [0.25, 0.3) is 21.9 Å². The third-order valence-corrected chi connectivity index (χ3v) is 7.30.